The number of hydrogen-bond acceptors (Lipinski definition) is 3. The Kier molecular flexibility index (Phi) is 5.53. The number of amides is 1. The van der Waals surface area contributed by atoms with Gasteiger partial charge in [0.05, 0.1) is 0 Å². The molecule has 0 saturated carbocycles. The summed E-state index contributed by atoms with van der Waals surface area (Å²) in [6, 6.07) is 21.7. The number of rotatable bonds is 5. The third kappa shape index (κ3) is 3.99. The highest BCUT2D eigenvalue weighted by molar-refractivity contribution is 6.07. The number of para-hydroxylation sites is 1. The smallest absolute Gasteiger partial charge is 0.267 e. The van der Waals surface area contributed by atoms with Gasteiger partial charge in [0.2, 0.25) is 0 Å². The van der Waals surface area contributed by atoms with E-state index in [-0.39, 0.29) is 5.57 Å². The van der Waals surface area contributed by atoms with Crippen molar-refractivity contribution < 1.29 is 4.79 Å². The molecule has 0 bridgehead atoms. The second-order valence-corrected chi connectivity index (χ2v) is 6.26. The number of anilines is 2. The molecule has 3 rings (SSSR count). The van der Waals surface area contributed by atoms with Crippen molar-refractivity contribution in [2.45, 2.75) is 20.3 Å². The molecular formula is C23H21N3O. The van der Waals surface area contributed by atoms with E-state index in [2.05, 4.69) is 10.6 Å². The van der Waals surface area contributed by atoms with E-state index in [9.17, 15) is 10.1 Å². The molecule has 0 unspecified atom stereocenters. The monoisotopic (exact) mass is 355 g/mol. The van der Waals surface area contributed by atoms with Gasteiger partial charge in [0.25, 0.3) is 5.91 Å². The van der Waals surface area contributed by atoms with Gasteiger partial charge in [-0.3, -0.25) is 4.79 Å². The Morgan fingerprint density at radius 3 is 2.59 bits per heavy atom. The molecule has 0 aliphatic carbocycles. The molecular weight excluding hydrogens is 334 g/mol. The number of nitrogens with zero attached hydrogens (tertiary/aromatic N) is 1. The van der Waals surface area contributed by atoms with E-state index < -0.39 is 5.91 Å². The number of carbonyl (C=O) groups is 1. The molecule has 27 heavy (non-hydrogen) atoms. The molecule has 0 saturated heterocycles. The molecule has 0 radical (unpaired) electrons. The molecule has 0 aliphatic rings. The van der Waals surface area contributed by atoms with Crippen LogP contribution in [0.5, 0.6) is 0 Å². The van der Waals surface area contributed by atoms with Crippen molar-refractivity contribution in [2.24, 2.45) is 0 Å². The number of carbonyl (C=O) groups excluding carboxylic acids is 1. The Balaban J connectivity index is 1.85. The standard InChI is InChI=1S/C23H21N3O/c1-3-17-10-6-8-16(2)22(17)26-23(27)19(14-24)15-25-21-13-7-11-18-9-4-5-12-20(18)21/h4-13,15,25H,3H2,1-2H3,(H,26,27)/b19-15-. The van der Waals surface area contributed by atoms with E-state index >= 15 is 0 Å². The average molecular weight is 355 g/mol. The molecule has 0 atom stereocenters. The van der Waals surface area contributed by atoms with E-state index in [4.69, 9.17) is 0 Å². The molecule has 0 aliphatic heterocycles. The maximum Gasteiger partial charge on any atom is 0.267 e. The van der Waals surface area contributed by atoms with Crippen LogP contribution in [0.25, 0.3) is 10.8 Å². The summed E-state index contributed by atoms with van der Waals surface area (Å²) in [5.74, 6) is -0.422. The van der Waals surface area contributed by atoms with Crippen LogP contribution >= 0.6 is 0 Å². The summed E-state index contributed by atoms with van der Waals surface area (Å²) in [5, 5.41) is 17.5. The predicted octanol–water partition coefficient (Wildman–Crippen LogP) is 5.17. The van der Waals surface area contributed by atoms with Crippen molar-refractivity contribution in [3.8, 4) is 6.07 Å². The lowest BCUT2D eigenvalue weighted by Gasteiger charge is -2.13. The Hall–Kier alpha value is -3.58. The molecule has 0 aromatic heterocycles. The van der Waals surface area contributed by atoms with Gasteiger partial charge >= 0.3 is 0 Å². The van der Waals surface area contributed by atoms with Gasteiger partial charge in [-0.05, 0) is 35.9 Å². The molecule has 134 valence electrons. The second kappa shape index (κ2) is 8.20. The average Bonchev–Trinajstić information content (AvgIpc) is 2.70. The van der Waals surface area contributed by atoms with Gasteiger partial charge in [0, 0.05) is 23.0 Å². The fourth-order valence-electron chi connectivity index (χ4n) is 3.03. The van der Waals surface area contributed by atoms with Crippen LogP contribution in [-0.4, -0.2) is 5.91 Å². The molecule has 3 aromatic rings. The summed E-state index contributed by atoms with van der Waals surface area (Å²) in [6.07, 6.45) is 2.26. The molecule has 0 spiro atoms. The van der Waals surface area contributed by atoms with Crippen LogP contribution in [0.1, 0.15) is 18.1 Å². The number of hydrogen-bond donors (Lipinski definition) is 2. The zero-order valence-electron chi connectivity index (χ0n) is 15.4. The van der Waals surface area contributed by atoms with Crippen LogP contribution in [0.3, 0.4) is 0 Å². The lowest BCUT2D eigenvalue weighted by Crippen LogP contribution is -2.16. The number of aryl methyl sites for hydroxylation is 2. The molecule has 4 nitrogen and oxygen atoms in total. The third-order valence-electron chi connectivity index (χ3n) is 4.51. The zero-order valence-corrected chi connectivity index (χ0v) is 15.4. The molecule has 0 heterocycles. The molecule has 2 N–H and O–H groups in total. The largest absolute Gasteiger partial charge is 0.360 e. The van der Waals surface area contributed by atoms with Crippen LogP contribution in [-0.2, 0) is 11.2 Å². The summed E-state index contributed by atoms with van der Waals surface area (Å²) in [4.78, 5) is 12.6. The Labute approximate surface area is 159 Å². The Morgan fingerprint density at radius 2 is 1.81 bits per heavy atom. The van der Waals surface area contributed by atoms with E-state index in [1.165, 1.54) is 6.20 Å². The van der Waals surface area contributed by atoms with Crippen LogP contribution in [0.15, 0.2) is 72.4 Å². The van der Waals surface area contributed by atoms with Crippen LogP contribution in [0, 0.1) is 18.3 Å². The van der Waals surface area contributed by atoms with E-state index in [0.29, 0.717) is 0 Å². The highest BCUT2D eigenvalue weighted by Gasteiger charge is 2.13. The van der Waals surface area contributed by atoms with Crippen molar-refractivity contribution in [3.05, 3.63) is 83.6 Å². The van der Waals surface area contributed by atoms with E-state index in [0.717, 1.165) is 39.7 Å². The van der Waals surface area contributed by atoms with Gasteiger partial charge in [0.15, 0.2) is 0 Å². The van der Waals surface area contributed by atoms with Gasteiger partial charge < -0.3 is 10.6 Å². The Morgan fingerprint density at radius 1 is 1.07 bits per heavy atom. The molecule has 0 fully saturated rings. The van der Waals surface area contributed by atoms with Crippen LogP contribution in [0.2, 0.25) is 0 Å². The topological polar surface area (TPSA) is 64.9 Å². The summed E-state index contributed by atoms with van der Waals surface area (Å²) < 4.78 is 0. The zero-order chi connectivity index (χ0) is 19.2. The normalized spacial score (nSPS) is 11.1. The van der Waals surface area contributed by atoms with Gasteiger partial charge in [-0.2, -0.15) is 5.26 Å². The van der Waals surface area contributed by atoms with Crippen molar-refractivity contribution in [2.75, 3.05) is 10.6 Å². The van der Waals surface area contributed by atoms with Gasteiger partial charge in [0.1, 0.15) is 11.6 Å². The Bertz CT molecular complexity index is 1060. The van der Waals surface area contributed by atoms with Crippen molar-refractivity contribution in [3.63, 3.8) is 0 Å². The third-order valence-corrected chi connectivity index (χ3v) is 4.51. The van der Waals surface area contributed by atoms with E-state index in [1.807, 2.05) is 80.6 Å². The summed E-state index contributed by atoms with van der Waals surface area (Å²) in [5.41, 5.74) is 3.66. The fourth-order valence-corrected chi connectivity index (χ4v) is 3.03. The quantitative estimate of drug-likeness (QED) is 0.490. The maximum atomic E-state index is 12.6. The predicted molar refractivity (Wildman–Crippen MR) is 110 cm³/mol. The lowest BCUT2D eigenvalue weighted by molar-refractivity contribution is -0.112. The summed E-state index contributed by atoms with van der Waals surface area (Å²) >= 11 is 0. The lowest BCUT2D eigenvalue weighted by atomic mass is 10.1. The minimum Gasteiger partial charge on any atom is -0.360 e. The van der Waals surface area contributed by atoms with Crippen LogP contribution < -0.4 is 10.6 Å². The van der Waals surface area contributed by atoms with Gasteiger partial charge in [-0.15, -0.1) is 0 Å². The fraction of sp³-hybridized carbons (Fsp3) is 0.130. The van der Waals surface area contributed by atoms with Crippen molar-refractivity contribution in [1.29, 1.82) is 5.26 Å². The molecule has 4 heteroatoms. The summed E-state index contributed by atoms with van der Waals surface area (Å²) in [7, 11) is 0. The first kappa shape index (κ1) is 18.2. The number of fused-ring (bicyclic) bond motifs is 1. The van der Waals surface area contributed by atoms with Crippen LogP contribution in [0.4, 0.5) is 11.4 Å². The first-order valence-corrected chi connectivity index (χ1v) is 8.88. The maximum absolute atomic E-state index is 12.6. The van der Waals surface area contributed by atoms with Crippen molar-refractivity contribution in [1.82, 2.24) is 0 Å². The van der Waals surface area contributed by atoms with Crippen molar-refractivity contribution >= 4 is 28.1 Å². The minimum absolute atomic E-state index is 0.0215. The second-order valence-electron chi connectivity index (χ2n) is 6.26. The van der Waals surface area contributed by atoms with Gasteiger partial charge in [-0.25, -0.2) is 0 Å². The minimum atomic E-state index is -0.422. The number of benzene rings is 3. The molecule has 3 aromatic carbocycles. The number of nitriles is 1. The first-order valence-electron chi connectivity index (χ1n) is 8.88. The highest BCUT2D eigenvalue weighted by atomic mass is 16.1. The highest BCUT2D eigenvalue weighted by Crippen LogP contribution is 2.24. The summed E-state index contributed by atoms with van der Waals surface area (Å²) in [6.45, 7) is 3.98. The molecule has 1 amide bonds. The first-order chi connectivity index (χ1) is 13.1. The SMILES string of the molecule is CCc1cccc(C)c1NC(=O)/C(C#N)=C\Nc1cccc2ccccc12. The van der Waals surface area contributed by atoms with Gasteiger partial charge in [-0.1, -0.05) is 61.5 Å². The number of nitrogens with one attached hydrogen (secondary N) is 2. The van der Waals surface area contributed by atoms with E-state index in [1.54, 1.807) is 0 Å².